The molecular formula is C9H9ClFNO4S. The van der Waals surface area contributed by atoms with Gasteiger partial charge in [0.05, 0.1) is 0 Å². The van der Waals surface area contributed by atoms with Crippen LogP contribution in [-0.4, -0.2) is 37.4 Å². The van der Waals surface area contributed by atoms with Crippen molar-refractivity contribution in [3.63, 3.8) is 0 Å². The summed E-state index contributed by atoms with van der Waals surface area (Å²) in [6, 6.07) is 3.06. The molecule has 0 heterocycles. The Kier molecular flexibility index (Phi) is 4.07. The van der Waals surface area contributed by atoms with Gasteiger partial charge in [0.2, 0.25) is 10.0 Å². The average Bonchev–Trinajstić information content (AvgIpc) is 2.15. The molecule has 1 rings (SSSR count). The van der Waals surface area contributed by atoms with E-state index in [4.69, 9.17) is 16.7 Å². The average molecular weight is 282 g/mol. The van der Waals surface area contributed by atoms with Crippen LogP contribution in [0.3, 0.4) is 0 Å². The standard InChI is InChI=1S/C9H9ClFNO4S/c1-12(5-9(13)14)17(15,16)8-3-2-6(10)4-7(8)11/h2-4H,5H2,1H3,(H,13,14). The molecule has 0 radical (unpaired) electrons. The second-order valence-electron chi connectivity index (χ2n) is 3.23. The summed E-state index contributed by atoms with van der Waals surface area (Å²) in [6.07, 6.45) is 0. The van der Waals surface area contributed by atoms with Gasteiger partial charge in [-0.25, -0.2) is 12.8 Å². The van der Waals surface area contributed by atoms with Gasteiger partial charge in [-0.1, -0.05) is 11.6 Å². The molecule has 0 fully saturated rings. The monoisotopic (exact) mass is 281 g/mol. The first-order valence-corrected chi connectivity index (χ1v) is 6.20. The minimum Gasteiger partial charge on any atom is -0.480 e. The molecule has 0 bridgehead atoms. The summed E-state index contributed by atoms with van der Waals surface area (Å²) in [5, 5.41) is 8.54. The SMILES string of the molecule is CN(CC(=O)O)S(=O)(=O)c1ccc(Cl)cc1F. The molecule has 0 unspecified atom stereocenters. The largest absolute Gasteiger partial charge is 0.480 e. The highest BCUT2D eigenvalue weighted by molar-refractivity contribution is 7.89. The van der Waals surface area contributed by atoms with Crippen molar-refractivity contribution in [3.8, 4) is 0 Å². The van der Waals surface area contributed by atoms with Crippen LogP contribution in [0.5, 0.6) is 0 Å². The first kappa shape index (κ1) is 13.9. The topological polar surface area (TPSA) is 74.7 Å². The van der Waals surface area contributed by atoms with Gasteiger partial charge in [0.1, 0.15) is 17.3 Å². The Labute approximate surface area is 102 Å². The van der Waals surface area contributed by atoms with Crippen molar-refractivity contribution in [2.24, 2.45) is 0 Å². The zero-order valence-electron chi connectivity index (χ0n) is 8.72. The van der Waals surface area contributed by atoms with Crippen molar-refractivity contribution in [2.75, 3.05) is 13.6 Å². The van der Waals surface area contributed by atoms with E-state index in [9.17, 15) is 17.6 Å². The summed E-state index contributed by atoms with van der Waals surface area (Å²) in [7, 11) is -3.11. The highest BCUT2D eigenvalue weighted by Crippen LogP contribution is 2.21. The van der Waals surface area contributed by atoms with Gasteiger partial charge in [-0.2, -0.15) is 4.31 Å². The lowest BCUT2D eigenvalue weighted by atomic mass is 10.3. The molecule has 8 heteroatoms. The highest BCUT2D eigenvalue weighted by atomic mass is 35.5. The van der Waals surface area contributed by atoms with Crippen LogP contribution in [0.1, 0.15) is 0 Å². The van der Waals surface area contributed by atoms with Gasteiger partial charge in [0, 0.05) is 12.1 Å². The van der Waals surface area contributed by atoms with Crippen molar-refractivity contribution in [3.05, 3.63) is 29.0 Å². The maximum atomic E-state index is 13.4. The van der Waals surface area contributed by atoms with E-state index in [1.54, 1.807) is 0 Å². The quantitative estimate of drug-likeness (QED) is 0.899. The third-order valence-electron chi connectivity index (χ3n) is 1.94. The van der Waals surface area contributed by atoms with E-state index in [-0.39, 0.29) is 5.02 Å². The summed E-state index contributed by atoms with van der Waals surface area (Å²) in [5.74, 6) is -2.35. The second kappa shape index (κ2) is 4.99. The van der Waals surface area contributed by atoms with Crippen LogP contribution >= 0.6 is 11.6 Å². The molecule has 0 saturated heterocycles. The van der Waals surface area contributed by atoms with Crippen LogP contribution in [0.2, 0.25) is 5.02 Å². The maximum absolute atomic E-state index is 13.4. The van der Waals surface area contributed by atoms with E-state index in [1.165, 1.54) is 6.07 Å². The normalized spacial score (nSPS) is 11.8. The fourth-order valence-electron chi connectivity index (χ4n) is 1.13. The number of likely N-dealkylation sites (N-methyl/N-ethyl adjacent to an activating group) is 1. The lowest BCUT2D eigenvalue weighted by Crippen LogP contribution is -2.32. The lowest BCUT2D eigenvalue weighted by molar-refractivity contribution is -0.137. The zero-order valence-corrected chi connectivity index (χ0v) is 10.3. The van der Waals surface area contributed by atoms with E-state index in [0.717, 1.165) is 19.2 Å². The number of rotatable bonds is 4. The van der Waals surface area contributed by atoms with E-state index in [1.807, 2.05) is 0 Å². The van der Waals surface area contributed by atoms with Crippen LogP contribution in [0, 0.1) is 5.82 Å². The first-order valence-electron chi connectivity index (χ1n) is 4.38. The van der Waals surface area contributed by atoms with Crippen LogP contribution < -0.4 is 0 Å². The number of aliphatic carboxylic acids is 1. The minimum atomic E-state index is -4.16. The molecule has 0 aliphatic heterocycles. The Hall–Kier alpha value is -1.18. The van der Waals surface area contributed by atoms with Gasteiger partial charge in [0.25, 0.3) is 0 Å². The van der Waals surface area contributed by atoms with Gasteiger partial charge in [-0.15, -0.1) is 0 Å². The third-order valence-corrected chi connectivity index (χ3v) is 4.01. The number of carbonyl (C=O) groups is 1. The minimum absolute atomic E-state index is 0.0577. The molecule has 5 nitrogen and oxygen atoms in total. The Morgan fingerprint density at radius 3 is 2.59 bits per heavy atom. The molecule has 0 saturated carbocycles. The predicted molar refractivity (Wildman–Crippen MR) is 58.9 cm³/mol. The van der Waals surface area contributed by atoms with Crippen molar-refractivity contribution in [2.45, 2.75) is 4.90 Å². The number of sulfonamides is 1. The third kappa shape index (κ3) is 3.15. The molecule has 1 aromatic carbocycles. The summed E-state index contributed by atoms with van der Waals surface area (Å²) >= 11 is 5.49. The highest BCUT2D eigenvalue weighted by Gasteiger charge is 2.25. The number of carboxylic acid groups (broad SMARTS) is 1. The summed E-state index contributed by atoms with van der Waals surface area (Å²) in [4.78, 5) is 9.80. The molecule has 0 aliphatic carbocycles. The van der Waals surface area contributed by atoms with E-state index < -0.39 is 33.3 Å². The molecule has 0 spiro atoms. The van der Waals surface area contributed by atoms with E-state index in [0.29, 0.717) is 4.31 Å². The maximum Gasteiger partial charge on any atom is 0.318 e. The fraction of sp³-hybridized carbons (Fsp3) is 0.222. The summed E-state index contributed by atoms with van der Waals surface area (Å²) < 4.78 is 37.5. The van der Waals surface area contributed by atoms with Crippen LogP contribution in [0.15, 0.2) is 23.1 Å². The Morgan fingerprint density at radius 2 is 2.12 bits per heavy atom. The van der Waals surface area contributed by atoms with Gasteiger partial charge < -0.3 is 5.11 Å². The molecular weight excluding hydrogens is 273 g/mol. The summed E-state index contributed by atoms with van der Waals surface area (Å²) in [5.41, 5.74) is 0. The van der Waals surface area contributed by atoms with E-state index in [2.05, 4.69) is 0 Å². The van der Waals surface area contributed by atoms with Crippen LogP contribution in [0.25, 0.3) is 0 Å². The number of nitrogens with zero attached hydrogens (tertiary/aromatic N) is 1. The van der Waals surface area contributed by atoms with Crippen LogP contribution in [0.4, 0.5) is 4.39 Å². The van der Waals surface area contributed by atoms with Crippen molar-refractivity contribution in [1.82, 2.24) is 4.31 Å². The van der Waals surface area contributed by atoms with Gasteiger partial charge in [-0.3, -0.25) is 4.79 Å². The molecule has 1 aromatic rings. The van der Waals surface area contributed by atoms with Crippen LogP contribution in [-0.2, 0) is 14.8 Å². The molecule has 1 N–H and O–H groups in total. The van der Waals surface area contributed by atoms with E-state index >= 15 is 0 Å². The molecule has 0 aliphatic rings. The number of hydrogen-bond acceptors (Lipinski definition) is 3. The van der Waals surface area contributed by atoms with Gasteiger partial charge >= 0.3 is 5.97 Å². The molecule has 17 heavy (non-hydrogen) atoms. The predicted octanol–water partition coefficient (Wildman–Crippen LogP) is 1.18. The second-order valence-corrected chi connectivity index (χ2v) is 5.68. The Balaban J connectivity index is 3.17. The van der Waals surface area contributed by atoms with Crippen molar-refractivity contribution < 1.29 is 22.7 Å². The Morgan fingerprint density at radius 1 is 1.53 bits per heavy atom. The Bertz CT molecular complexity index is 546. The first-order chi connectivity index (χ1) is 7.75. The van der Waals surface area contributed by atoms with Gasteiger partial charge in [-0.05, 0) is 18.2 Å². The van der Waals surface area contributed by atoms with Crippen molar-refractivity contribution >= 4 is 27.6 Å². The molecule has 0 aromatic heterocycles. The summed E-state index contributed by atoms with van der Waals surface area (Å²) in [6.45, 7) is -0.746. The van der Waals surface area contributed by atoms with Gasteiger partial charge in [0.15, 0.2) is 0 Å². The van der Waals surface area contributed by atoms with Crippen molar-refractivity contribution in [1.29, 1.82) is 0 Å². The number of benzene rings is 1. The smallest absolute Gasteiger partial charge is 0.318 e. The fourth-order valence-corrected chi connectivity index (χ4v) is 2.45. The number of halogens is 2. The number of hydrogen-bond donors (Lipinski definition) is 1. The number of carboxylic acids is 1. The molecule has 0 amide bonds. The molecule has 0 atom stereocenters. The lowest BCUT2D eigenvalue weighted by Gasteiger charge is -2.15. The zero-order chi connectivity index (χ0) is 13.2. The molecule has 94 valence electrons.